The summed E-state index contributed by atoms with van der Waals surface area (Å²) in [5, 5.41) is 7.19. The summed E-state index contributed by atoms with van der Waals surface area (Å²) in [7, 11) is 0. The van der Waals surface area contributed by atoms with Crippen LogP contribution in [-0.2, 0) is 0 Å². The van der Waals surface area contributed by atoms with E-state index in [1.807, 2.05) is 23.5 Å². The predicted octanol–water partition coefficient (Wildman–Crippen LogP) is 13.8. The highest BCUT2D eigenvalue weighted by molar-refractivity contribution is 7.27. The summed E-state index contributed by atoms with van der Waals surface area (Å²) >= 11 is 1.91. The molecule has 2 aromatic heterocycles. The fourth-order valence-electron chi connectivity index (χ4n) is 10.1. The maximum Gasteiger partial charge on any atom is 0.244 e. The zero-order valence-electron chi connectivity index (χ0n) is 33.5. The Kier molecular flexibility index (Phi) is 7.85. The van der Waals surface area contributed by atoms with Crippen LogP contribution < -0.4 is 26.0 Å². The molecule has 9 aromatic carbocycles. The van der Waals surface area contributed by atoms with Crippen LogP contribution in [0.15, 0.2) is 180 Å². The lowest BCUT2D eigenvalue weighted by molar-refractivity contribution is 0.487. The topological polar surface area (TPSA) is 25.6 Å². The molecule has 0 aliphatic carbocycles. The van der Waals surface area contributed by atoms with Crippen molar-refractivity contribution in [3.63, 3.8) is 0 Å². The van der Waals surface area contributed by atoms with E-state index >= 15 is 0 Å². The third kappa shape index (κ3) is 5.29. The van der Waals surface area contributed by atoms with Crippen molar-refractivity contribution in [2.24, 2.45) is 0 Å². The van der Waals surface area contributed by atoms with Crippen LogP contribution in [0.3, 0.4) is 0 Å². The van der Waals surface area contributed by atoms with Crippen LogP contribution in [0, 0.1) is 20.8 Å². The molecule has 11 aromatic rings. The summed E-state index contributed by atoms with van der Waals surface area (Å²) in [5.74, 6) is 1.70. The first kappa shape index (κ1) is 34.9. The minimum Gasteiger partial charge on any atom is -0.456 e. The molecule has 1 aliphatic rings. The number of ether oxygens (including phenoxy) is 1. The molecular formula is C55H38BNO2S. The Hall–Kier alpha value is -7.08. The highest BCUT2D eigenvalue weighted by atomic mass is 32.1. The Morgan fingerprint density at radius 1 is 0.500 bits per heavy atom. The summed E-state index contributed by atoms with van der Waals surface area (Å²) in [6.45, 7) is 6.77. The number of rotatable bonds is 6. The number of furan rings is 1. The van der Waals surface area contributed by atoms with E-state index in [1.165, 1.54) is 64.2 Å². The average Bonchev–Trinajstić information content (AvgIpc) is 3.85. The number of fused-ring (bicyclic) bond motifs is 8. The number of nitrogens with zero attached hydrogens (tertiary/aromatic N) is 1. The highest BCUT2D eigenvalue weighted by Gasteiger charge is 2.32. The first-order valence-electron chi connectivity index (χ1n) is 20.6. The molecule has 0 amide bonds. The molecule has 1 aliphatic heterocycles. The van der Waals surface area contributed by atoms with E-state index < -0.39 is 0 Å². The van der Waals surface area contributed by atoms with Gasteiger partial charge in [0.05, 0.1) is 11.4 Å². The van der Waals surface area contributed by atoms with Crippen LogP contribution >= 0.6 is 11.3 Å². The first-order valence-corrected chi connectivity index (χ1v) is 21.4. The van der Waals surface area contributed by atoms with Crippen molar-refractivity contribution in [1.82, 2.24) is 0 Å². The molecule has 3 nitrogen and oxygen atoms in total. The molecule has 0 atom stereocenters. The molecule has 0 N–H and O–H groups in total. The number of anilines is 3. The number of benzene rings is 9. The summed E-state index contributed by atoms with van der Waals surface area (Å²) in [6.07, 6.45) is 0. The van der Waals surface area contributed by atoms with E-state index in [-0.39, 0.29) is 6.71 Å². The Bertz CT molecular complexity index is 3510. The first-order chi connectivity index (χ1) is 29.5. The summed E-state index contributed by atoms with van der Waals surface area (Å²) in [5.41, 5.74) is 14.9. The maximum atomic E-state index is 7.02. The zero-order chi connectivity index (χ0) is 40.1. The number of para-hydroxylation sites is 3. The molecule has 0 saturated carbocycles. The zero-order valence-corrected chi connectivity index (χ0v) is 34.3. The summed E-state index contributed by atoms with van der Waals surface area (Å²) < 4.78 is 16.3. The maximum absolute atomic E-state index is 7.02. The van der Waals surface area contributed by atoms with Crippen molar-refractivity contribution in [2.75, 3.05) is 4.90 Å². The van der Waals surface area contributed by atoms with Crippen molar-refractivity contribution in [1.29, 1.82) is 0 Å². The second kappa shape index (κ2) is 13.5. The minimum atomic E-state index is 0.0100. The van der Waals surface area contributed by atoms with Crippen molar-refractivity contribution < 1.29 is 9.15 Å². The fourth-order valence-corrected chi connectivity index (χ4v) is 11.3. The van der Waals surface area contributed by atoms with Crippen molar-refractivity contribution in [3.8, 4) is 22.6 Å². The van der Waals surface area contributed by atoms with Crippen LogP contribution in [0.5, 0.6) is 11.5 Å². The van der Waals surface area contributed by atoms with Gasteiger partial charge >= 0.3 is 0 Å². The third-order valence-electron chi connectivity index (χ3n) is 12.5. The van der Waals surface area contributed by atoms with E-state index in [4.69, 9.17) is 9.15 Å². The molecule has 0 spiro atoms. The van der Waals surface area contributed by atoms with Gasteiger partial charge in [0, 0.05) is 48.3 Å². The summed E-state index contributed by atoms with van der Waals surface area (Å²) in [4.78, 5) is 2.28. The molecule has 0 bridgehead atoms. The van der Waals surface area contributed by atoms with Gasteiger partial charge in [-0.3, -0.25) is 0 Å². The van der Waals surface area contributed by atoms with Gasteiger partial charge in [0.15, 0.2) is 5.58 Å². The van der Waals surface area contributed by atoms with Gasteiger partial charge in [-0.1, -0.05) is 154 Å². The summed E-state index contributed by atoms with van der Waals surface area (Å²) in [6, 6.07) is 63.5. The smallest absolute Gasteiger partial charge is 0.244 e. The van der Waals surface area contributed by atoms with Gasteiger partial charge in [-0.25, -0.2) is 0 Å². The van der Waals surface area contributed by atoms with E-state index in [1.54, 1.807) is 0 Å². The standard InChI is InChI=1S/C55H38BNO2S/c1-33-30-34(2)53(35(3)31-33)56(46-21-11-19-43-40-17-8-10-25-51(40)60-55(43)46)45-29-28-41-39-27-26-37(32-50(39)58-49-24-13-20-44(45)52(41)49)57(36-14-5-4-6-15-36)47-22-12-18-42-38-16-7-9-23-48(38)59-54(42)47/h4-32H,1-3H3. The van der Waals surface area contributed by atoms with E-state index in [0.717, 1.165) is 61.4 Å². The third-order valence-corrected chi connectivity index (χ3v) is 13.7. The van der Waals surface area contributed by atoms with E-state index in [9.17, 15) is 0 Å². The van der Waals surface area contributed by atoms with Crippen molar-refractivity contribution in [2.45, 2.75) is 20.8 Å². The molecule has 60 heavy (non-hydrogen) atoms. The number of aryl methyl sites for hydroxylation is 3. The molecule has 0 unspecified atom stereocenters. The molecule has 0 radical (unpaired) electrons. The van der Waals surface area contributed by atoms with Gasteiger partial charge in [0.2, 0.25) is 6.71 Å². The molecule has 284 valence electrons. The normalized spacial score (nSPS) is 12.1. The molecule has 0 saturated heterocycles. The van der Waals surface area contributed by atoms with Crippen LogP contribution in [0.4, 0.5) is 17.1 Å². The van der Waals surface area contributed by atoms with E-state index in [0.29, 0.717) is 0 Å². The molecule has 5 heteroatoms. The lowest BCUT2D eigenvalue weighted by Crippen LogP contribution is -2.54. The van der Waals surface area contributed by atoms with Gasteiger partial charge in [-0.15, -0.1) is 11.3 Å². The lowest BCUT2D eigenvalue weighted by Gasteiger charge is -2.29. The quantitative estimate of drug-likeness (QED) is 0.157. The Morgan fingerprint density at radius 3 is 2.07 bits per heavy atom. The van der Waals surface area contributed by atoms with Crippen LogP contribution in [0.1, 0.15) is 16.7 Å². The average molecular weight is 788 g/mol. The number of hydrogen-bond acceptors (Lipinski definition) is 4. The second-order valence-electron chi connectivity index (χ2n) is 16.2. The SMILES string of the molecule is Cc1cc(C)c(B(c2ccc3c4c(cccc24)Oc2cc(N(c4ccccc4)c4cccc5c4oc4ccccc45)ccc2-3)c2cccc3c2sc2ccccc23)c(C)c1. The van der Waals surface area contributed by atoms with Gasteiger partial charge in [0.1, 0.15) is 17.1 Å². The van der Waals surface area contributed by atoms with Crippen molar-refractivity contribution >= 4 is 104 Å². The van der Waals surface area contributed by atoms with Gasteiger partial charge in [0.25, 0.3) is 0 Å². The minimum absolute atomic E-state index is 0.0100. The molecular weight excluding hydrogens is 749 g/mol. The van der Waals surface area contributed by atoms with E-state index in [2.05, 4.69) is 189 Å². The highest BCUT2D eigenvalue weighted by Crippen LogP contribution is 2.50. The Morgan fingerprint density at radius 2 is 1.20 bits per heavy atom. The number of thiophene rings is 1. The second-order valence-corrected chi connectivity index (χ2v) is 17.2. The number of hydrogen-bond donors (Lipinski definition) is 0. The van der Waals surface area contributed by atoms with Crippen LogP contribution in [0.25, 0.3) is 64.0 Å². The Balaban J connectivity index is 1.05. The van der Waals surface area contributed by atoms with Crippen LogP contribution in [-0.4, -0.2) is 6.71 Å². The Labute approximate surface area is 352 Å². The predicted molar refractivity (Wildman–Crippen MR) is 256 cm³/mol. The van der Waals surface area contributed by atoms with Gasteiger partial charge in [-0.2, -0.15) is 0 Å². The largest absolute Gasteiger partial charge is 0.456 e. The molecule has 12 rings (SSSR count). The monoisotopic (exact) mass is 787 g/mol. The lowest BCUT2D eigenvalue weighted by atomic mass is 9.35. The molecule has 0 fully saturated rings. The van der Waals surface area contributed by atoms with Gasteiger partial charge < -0.3 is 14.1 Å². The van der Waals surface area contributed by atoms with Crippen molar-refractivity contribution in [3.05, 3.63) is 193 Å². The van der Waals surface area contributed by atoms with Gasteiger partial charge in [-0.05, 0) is 85.6 Å². The molecule has 3 heterocycles. The van der Waals surface area contributed by atoms with Crippen LogP contribution in [0.2, 0.25) is 0 Å². The fraction of sp³-hybridized carbons (Fsp3) is 0.0545.